The molecule has 0 radical (unpaired) electrons. The van der Waals surface area contributed by atoms with Crippen molar-refractivity contribution < 1.29 is 9.53 Å². The van der Waals surface area contributed by atoms with Crippen molar-refractivity contribution in [3.63, 3.8) is 0 Å². The van der Waals surface area contributed by atoms with Crippen molar-refractivity contribution in [1.29, 1.82) is 5.26 Å². The SMILES string of the molecule is CCn1c(-c2cccc(NC=O)c2)c(C#N)c2c1=CC(OC)=CCC=2. The molecule has 1 amide bonds. The monoisotopic (exact) mass is 333 g/mol. The maximum Gasteiger partial charge on any atom is 0.211 e. The van der Waals surface area contributed by atoms with Gasteiger partial charge in [0.2, 0.25) is 6.41 Å². The third kappa shape index (κ3) is 2.94. The van der Waals surface area contributed by atoms with E-state index in [4.69, 9.17) is 4.74 Å². The third-order valence-electron chi connectivity index (χ3n) is 4.29. The van der Waals surface area contributed by atoms with E-state index in [0.29, 0.717) is 30.6 Å². The number of carbonyl (C=O) groups excluding carboxylic acids is 1. The van der Waals surface area contributed by atoms with E-state index in [0.717, 1.165) is 27.6 Å². The molecule has 1 aromatic heterocycles. The first-order valence-corrected chi connectivity index (χ1v) is 8.12. The molecule has 0 fully saturated rings. The van der Waals surface area contributed by atoms with Crippen LogP contribution in [0.25, 0.3) is 23.4 Å². The van der Waals surface area contributed by atoms with Gasteiger partial charge in [-0.05, 0) is 31.6 Å². The number of nitriles is 1. The third-order valence-corrected chi connectivity index (χ3v) is 4.29. The second-order valence-electron chi connectivity index (χ2n) is 5.62. The van der Waals surface area contributed by atoms with Gasteiger partial charge >= 0.3 is 0 Å². The summed E-state index contributed by atoms with van der Waals surface area (Å²) >= 11 is 0. The van der Waals surface area contributed by atoms with Crippen molar-refractivity contribution in [2.45, 2.75) is 19.9 Å². The Labute approximate surface area is 146 Å². The number of aromatic nitrogens is 1. The number of carbonyl (C=O) groups is 1. The molecule has 3 rings (SSSR count). The van der Waals surface area contributed by atoms with E-state index in [9.17, 15) is 10.1 Å². The van der Waals surface area contributed by atoms with Crippen molar-refractivity contribution >= 4 is 24.2 Å². The average molecular weight is 333 g/mol. The summed E-state index contributed by atoms with van der Waals surface area (Å²) < 4.78 is 7.52. The molecule has 25 heavy (non-hydrogen) atoms. The number of hydrogen-bond acceptors (Lipinski definition) is 3. The van der Waals surface area contributed by atoms with Gasteiger partial charge in [-0.1, -0.05) is 18.2 Å². The maximum atomic E-state index is 10.7. The molecule has 2 aromatic rings. The normalized spacial score (nSPS) is 12.6. The highest BCUT2D eigenvalue weighted by Crippen LogP contribution is 2.24. The number of fused-ring (bicyclic) bond motifs is 1. The summed E-state index contributed by atoms with van der Waals surface area (Å²) in [4.78, 5) is 10.7. The van der Waals surface area contributed by atoms with Gasteiger partial charge in [-0.25, -0.2) is 0 Å². The van der Waals surface area contributed by atoms with Crippen LogP contribution in [0.2, 0.25) is 0 Å². The van der Waals surface area contributed by atoms with Gasteiger partial charge in [0, 0.05) is 29.1 Å². The maximum absolute atomic E-state index is 10.7. The molecule has 1 N–H and O–H groups in total. The van der Waals surface area contributed by atoms with Crippen molar-refractivity contribution in [2.24, 2.45) is 0 Å². The number of methoxy groups -OCH3 is 1. The molecule has 0 bridgehead atoms. The molecular formula is C20H19N3O2. The molecule has 1 aliphatic rings. The van der Waals surface area contributed by atoms with Crippen LogP contribution in [0, 0.1) is 11.3 Å². The van der Waals surface area contributed by atoms with Crippen LogP contribution in [-0.2, 0) is 16.1 Å². The number of nitrogens with zero attached hydrogens (tertiary/aromatic N) is 2. The molecule has 5 heteroatoms. The lowest BCUT2D eigenvalue weighted by atomic mass is 10.1. The van der Waals surface area contributed by atoms with Crippen molar-refractivity contribution in [1.82, 2.24) is 4.57 Å². The fraction of sp³-hybridized carbons (Fsp3) is 0.200. The highest BCUT2D eigenvalue weighted by molar-refractivity contribution is 5.77. The zero-order valence-corrected chi connectivity index (χ0v) is 14.2. The van der Waals surface area contributed by atoms with Crippen LogP contribution >= 0.6 is 0 Å². The molecule has 5 nitrogen and oxygen atoms in total. The Morgan fingerprint density at radius 3 is 2.92 bits per heavy atom. The first kappa shape index (κ1) is 16.6. The fourth-order valence-corrected chi connectivity index (χ4v) is 3.21. The van der Waals surface area contributed by atoms with Crippen LogP contribution in [0.4, 0.5) is 5.69 Å². The average Bonchev–Trinajstić information content (AvgIpc) is 2.77. The predicted octanol–water partition coefficient (Wildman–Crippen LogP) is 2.11. The van der Waals surface area contributed by atoms with Gasteiger partial charge in [0.25, 0.3) is 0 Å². The van der Waals surface area contributed by atoms with Crippen molar-refractivity contribution in [3.05, 3.63) is 52.2 Å². The molecule has 0 saturated heterocycles. The fourth-order valence-electron chi connectivity index (χ4n) is 3.21. The van der Waals surface area contributed by atoms with E-state index in [1.807, 2.05) is 43.3 Å². The van der Waals surface area contributed by atoms with E-state index < -0.39 is 0 Å². The number of hydrogen-bond donors (Lipinski definition) is 1. The van der Waals surface area contributed by atoms with Gasteiger partial charge in [-0.3, -0.25) is 4.79 Å². The quantitative estimate of drug-likeness (QED) is 0.852. The van der Waals surface area contributed by atoms with Crippen LogP contribution in [-0.4, -0.2) is 18.1 Å². The van der Waals surface area contributed by atoms with Crippen LogP contribution in [0.3, 0.4) is 0 Å². The molecule has 1 aliphatic carbocycles. The van der Waals surface area contributed by atoms with E-state index in [-0.39, 0.29) is 0 Å². The summed E-state index contributed by atoms with van der Waals surface area (Å²) in [6, 6.07) is 9.88. The van der Waals surface area contributed by atoms with Crippen molar-refractivity contribution in [3.8, 4) is 17.3 Å². The van der Waals surface area contributed by atoms with Crippen LogP contribution in [0.5, 0.6) is 0 Å². The minimum absolute atomic E-state index is 0.641. The number of ether oxygens (including phenoxy) is 1. The minimum atomic E-state index is 0.641. The zero-order chi connectivity index (χ0) is 17.8. The number of benzene rings is 1. The molecular weight excluding hydrogens is 314 g/mol. The lowest BCUT2D eigenvalue weighted by Gasteiger charge is -2.10. The lowest BCUT2D eigenvalue weighted by molar-refractivity contribution is -0.105. The number of allylic oxidation sites excluding steroid dienone is 2. The van der Waals surface area contributed by atoms with Crippen molar-refractivity contribution in [2.75, 3.05) is 12.4 Å². The van der Waals surface area contributed by atoms with Gasteiger partial charge in [-0.15, -0.1) is 0 Å². The predicted molar refractivity (Wildman–Crippen MR) is 97.8 cm³/mol. The summed E-state index contributed by atoms with van der Waals surface area (Å²) in [6.45, 7) is 2.76. The van der Waals surface area contributed by atoms with Crippen LogP contribution < -0.4 is 15.9 Å². The Morgan fingerprint density at radius 2 is 2.24 bits per heavy atom. The van der Waals surface area contributed by atoms with E-state index in [1.54, 1.807) is 7.11 Å². The number of anilines is 1. The lowest BCUT2D eigenvalue weighted by Crippen LogP contribution is -2.29. The highest BCUT2D eigenvalue weighted by Gasteiger charge is 2.17. The van der Waals surface area contributed by atoms with E-state index >= 15 is 0 Å². The Morgan fingerprint density at radius 1 is 1.40 bits per heavy atom. The summed E-state index contributed by atoms with van der Waals surface area (Å²) in [7, 11) is 1.65. The Hall–Kier alpha value is -3.26. The Bertz CT molecular complexity index is 1010. The molecule has 1 heterocycles. The Balaban J connectivity index is 2.35. The zero-order valence-electron chi connectivity index (χ0n) is 14.2. The first-order valence-electron chi connectivity index (χ1n) is 8.12. The summed E-state index contributed by atoms with van der Waals surface area (Å²) in [5.41, 5.74) is 3.08. The molecule has 0 aliphatic heterocycles. The van der Waals surface area contributed by atoms with Gasteiger partial charge in [0.15, 0.2) is 0 Å². The standard InChI is InChI=1S/C20H19N3O2/c1-3-23-19-11-16(25-2)8-5-9-17(19)18(12-21)20(23)14-6-4-7-15(10-14)22-13-24/h4,6-11,13H,3,5H2,1-2H3,(H,22,24). The highest BCUT2D eigenvalue weighted by atomic mass is 16.5. The topological polar surface area (TPSA) is 67.0 Å². The number of rotatable bonds is 5. The van der Waals surface area contributed by atoms with E-state index in [1.165, 1.54) is 0 Å². The number of nitrogens with one attached hydrogen (secondary N) is 1. The molecule has 0 spiro atoms. The van der Waals surface area contributed by atoms with E-state index in [2.05, 4.69) is 22.0 Å². The smallest absolute Gasteiger partial charge is 0.211 e. The second-order valence-corrected chi connectivity index (χ2v) is 5.62. The second kappa shape index (κ2) is 7.10. The van der Waals surface area contributed by atoms with Crippen LogP contribution in [0.1, 0.15) is 18.9 Å². The van der Waals surface area contributed by atoms with Crippen LogP contribution in [0.15, 0.2) is 36.1 Å². The number of amides is 1. The van der Waals surface area contributed by atoms with Gasteiger partial charge < -0.3 is 14.6 Å². The van der Waals surface area contributed by atoms with Gasteiger partial charge in [0.1, 0.15) is 11.8 Å². The molecule has 0 saturated carbocycles. The first-order chi connectivity index (χ1) is 12.2. The summed E-state index contributed by atoms with van der Waals surface area (Å²) in [5.74, 6) is 0.787. The summed E-state index contributed by atoms with van der Waals surface area (Å²) in [5, 5.41) is 14.4. The minimum Gasteiger partial charge on any atom is -0.497 e. The molecule has 1 aromatic carbocycles. The largest absolute Gasteiger partial charge is 0.497 e. The Kier molecular flexibility index (Phi) is 4.71. The molecule has 126 valence electrons. The molecule has 0 atom stereocenters. The summed E-state index contributed by atoms with van der Waals surface area (Å²) in [6.07, 6.45) is 7.38. The van der Waals surface area contributed by atoms with Gasteiger partial charge in [-0.2, -0.15) is 5.26 Å². The van der Waals surface area contributed by atoms with Gasteiger partial charge in [0.05, 0.1) is 23.7 Å². The molecule has 0 unspecified atom stereocenters.